The van der Waals surface area contributed by atoms with E-state index >= 15 is 0 Å². The summed E-state index contributed by atoms with van der Waals surface area (Å²) in [6.07, 6.45) is 3.10. The van der Waals surface area contributed by atoms with Crippen molar-refractivity contribution in [3.8, 4) is 0 Å². The van der Waals surface area contributed by atoms with Crippen LogP contribution in [0.5, 0.6) is 0 Å². The van der Waals surface area contributed by atoms with Crippen molar-refractivity contribution in [3.05, 3.63) is 35.1 Å². The molecule has 1 aromatic carbocycles. The van der Waals surface area contributed by atoms with Gasteiger partial charge in [-0.3, -0.25) is 0 Å². The molecule has 0 aliphatic heterocycles. The topological polar surface area (TPSA) is 26.0 Å². The molecule has 1 rings (SSSR count). The Bertz CT molecular complexity index is 334. The minimum absolute atomic E-state index is 0.153. The molecule has 0 aromatic heterocycles. The van der Waals surface area contributed by atoms with E-state index in [2.05, 4.69) is 13.8 Å². The molecule has 1 atom stereocenters. The summed E-state index contributed by atoms with van der Waals surface area (Å²) in [6, 6.07) is 5.29. The molecule has 0 spiro atoms. The Balaban J connectivity index is 2.43. The van der Waals surface area contributed by atoms with Crippen LogP contribution >= 0.6 is 0 Å². The molecule has 1 unspecified atom stereocenters. The summed E-state index contributed by atoms with van der Waals surface area (Å²) in [5, 5.41) is 0. The molecule has 0 fully saturated rings. The molecule has 90 valence electrons. The van der Waals surface area contributed by atoms with Gasteiger partial charge in [0.05, 0.1) is 0 Å². The van der Waals surface area contributed by atoms with Gasteiger partial charge in [0.25, 0.3) is 0 Å². The van der Waals surface area contributed by atoms with Gasteiger partial charge in [-0.15, -0.1) is 0 Å². The van der Waals surface area contributed by atoms with Gasteiger partial charge >= 0.3 is 0 Å². The molecule has 0 heterocycles. The highest BCUT2D eigenvalue weighted by Gasteiger charge is 2.07. The quantitative estimate of drug-likeness (QED) is 0.813. The molecule has 2 N–H and O–H groups in total. The second kappa shape index (κ2) is 6.00. The van der Waals surface area contributed by atoms with Crippen LogP contribution in [-0.2, 0) is 6.42 Å². The molecule has 0 saturated heterocycles. The van der Waals surface area contributed by atoms with Crippen LogP contribution in [0.25, 0.3) is 0 Å². The van der Waals surface area contributed by atoms with Crippen molar-refractivity contribution in [1.29, 1.82) is 0 Å². The molecule has 1 nitrogen and oxygen atoms in total. The normalized spacial score (nSPS) is 13.1. The van der Waals surface area contributed by atoms with E-state index in [4.69, 9.17) is 5.73 Å². The molecule has 0 aliphatic rings. The maximum absolute atomic E-state index is 12.9. The number of rotatable bonds is 5. The molecule has 0 saturated carbocycles. The van der Waals surface area contributed by atoms with Gasteiger partial charge in [-0.25, -0.2) is 4.39 Å². The van der Waals surface area contributed by atoms with Crippen LogP contribution < -0.4 is 5.73 Å². The maximum atomic E-state index is 12.9. The van der Waals surface area contributed by atoms with E-state index in [9.17, 15) is 4.39 Å². The van der Waals surface area contributed by atoms with Gasteiger partial charge in [0.1, 0.15) is 5.82 Å². The average molecular weight is 223 g/mol. The maximum Gasteiger partial charge on any atom is 0.123 e. The number of hydrogen-bond acceptors (Lipinski definition) is 1. The predicted molar refractivity (Wildman–Crippen MR) is 66.9 cm³/mol. The Hall–Kier alpha value is -0.890. The lowest BCUT2D eigenvalue weighted by atomic mass is 9.96. The lowest BCUT2D eigenvalue weighted by Gasteiger charge is -2.15. The van der Waals surface area contributed by atoms with Gasteiger partial charge in [-0.1, -0.05) is 19.9 Å². The summed E-state index contributed by atoms with van der Waals surface area (Å²) in [6.45, 7) is 6.25. The van der Waals surface area contributed by atoms with Gasteiger partial charge in [-0.05, 0) is 55.4 Å². The van der Waals surface area contributed by atoms with Crippen LogP contribution in [0.4, 0.5) is 4.39 Å². The van der Waals surface area contributed by atoms with Crippen LogP contribution in [0.15, 0.2) is 18.2 Å². The second-order valence-electron chi connectivity index (χ2n) is 4.87. The molecule has 0 amide bonds. The van der Waals surface area contributed by atoms with Crippen LogP contribution in [0, 0.1) is 18.7 Å². The molecule has 1 aromatic rings. The average Bonchev–Trinajstić information content (AvgIpc) is 2.20. The van der Waals surface area contributed by atoms with Crippen LogP contribution in [0.1, 0.15) is 37.8 Å². The summed E-state index contributed by atoms with van der Waals surface area (Å²) in [5.41, 5.74) is 8.26. The standard InChI is InChI=1S/C14H22FN/c1-10(2)14(16)6-4-5-12-7-8-13(15)9-11(12)3/h7-10,14H,4-6,16H2,1-3H3. The summed E-state index contributed by atoms with van der Waals surface area (Å²) in [4.78, 5) is 0. The first-order valence-corrected chi connectivity index (χ1v) is 6.01. The van der Waals surface area contributed by atoms with Crippen molar-refractivity contribution in [1.82, 2.24) is 0 Å². The first kappa shape index (κ1) is 13.2. The van der Waals surface area contributed by atoms with Gasteiger partial charge in [-0.2, -0.15) is 0 Å². The SMILES string of the molecule is Cc1cc(F)ccc1CCCC(N)C(C)C. The monoisotopic (exact) mass is 223 g/mol. The van der Waals surface area contributed by atoms with Gasteiger partial charge in [0.15, 0.2) is 0 Å². The Morgan fingerprint density at radius 3 is 2.56 bits per heavy atom. The van der Waals surface area contributed by atoms with E-state index in [0.717, 1.165) is 24.8 Å². The zero-order chi connectivity index (χ0) is 12.1. The molecular weight excluding hydrogens is 201 g/mol. The fourth-order valence-electron chi connectivity index (χ4n) is 1.80. The van der Waals surface area contributed by atoms with Crippen LogP contribution in [0.3, 0.4) is 0 Å². The van der Waals surface area contributed by atoms with Crippen molar-refractivity contribution in [2.24, 2.45) is 11.7 Å². The number of aryl methyl sites for hydroxylation is 2. The molecule has 0 radical (unpaired) electrons. The highest BCUT2D eigenvalue weighted by atomic mass is 19.1. The number of benzene rings is 1. The zero-order valence-corrected chi connectivity index (χ0v) is 10.5. The van der Waals surface area contributed by atoms with Crippen molar-refractivity contribution in [2.75, 3.05) is 0 Å². The fraction of sp³-hybridized carbons (Fsp3) is 0.571. The van der Waals surface area contributed by atoms with Crippen LogP contribution in [-0.4, -0.2) is 6.04 Å². The molecule has 16 heavy (non-hydrogen) atoms. The second-order valence-corrected chi connectivity index (χ2v) is 4.87. The highest BCUT2D eigenvalue weighted by Crippen LogP contribution is 2.14. The summed E-state index contributed by atoms with van der Waals surface area (Å²) >= 11 is 0. The first-order chi connectivity index (χ1) is 7.50. The third kappa shape index (κ3) is 3.93. The van der Waals surface area contributed by atoms with E-state index in [1.54, 1.807) is 6.07 Å². The van der Waals surface area contributed by atoms with E-state index < -0.39 is 0 Å². The Kier molecular flexibility index (Phi) is 4.94. The predicted octanol–water partition coefficient (Wildman–Crippen LogP) is 3.44. The van der Waals surface area contributed by atoms with Crippen molar-refractivity contribution in [2.45, 2.75) is 46.1 Å². The molecule has 0 bridgehead atoms. The first-order valence-electron chi connectivity index (χ1n) is 6.01. The number of hydrogen-bond donors (Lipinski definition) is 1. The van der Waals surface area contributed by atoms with Gasteiger partial charge < -0.3 is 5.73 Å². The van der Waals surface area contributed by atoms with Crippen LogP contribution in [0.2, 0.25) is 0 Å². The largest absolute Gasteiger partial charge is 0.327 e. The number of halogens is 1. The van der Waals surface area contributed by atoms with Crippen molar-refractivity contribution in [3.63, 3.8) is 0 Å². The van der Waals surface area contributed by atoms with E-state index in [1.165, 1.54) is 11.6 Å². The lowest BCUT2D eigenvalue weighted by molar-refractivity contribution is 0.452. The minimum Gasteiger partial charge on any atom is -0.327 e. The smallest absolute Gasteiger partial charge is 0.123 e. The number of nitrogens with two attached hydrogens (primary N) is 1. The fourth-order valence-corrected chi connectivity index (χ4v) is 1.80. The third-order valence-corrected chi connectivity index (χ3v) is 3.14. The third-order valence-electron chi connectivity index (χ3n) is 3.14. The molecular formula is C14H22FN. The zero-order valence-electron chi connectivity index (χ0n) is 10.5. The van der Waals surface area contributed by atoms with E-state index in [0.29, 0.717) is 5.92 Å². The molecule has 2 heteroatoms. The summed E-state index contributed by atoms with van der Waals surface area (Å²) < 4.78 is 12.9. The van der Waals surface area contributed by atoms with Gasteiger partial charge in [0, 0.05) is 6.04 Å². The van der Waals surface area contributed by atoms with Crippen molar-refractivity contribution < 1.29 is 4.39 Å². The summed E-state index contributed by atoms with van der Waals surface area (Å²) in [5.74, 6) is 0.384. The van der Waals surface area contributed by atoms with E-state index in [1.807, 2.05) is 13.0 Å². The minimum atomic E-state index is -0.153. The Morgan fingerprint density at radius 2 is 2.00 bits per heavy atom. The molecule has 0 aliphatic carbocycles. The highest BCUT2D eigenvalue weighted by molar-refractivity contribution is 5.26. The van der Waals surface area contributed by atoms with E-state index in [-0.39, 0.29) is 11.9 Å². The van der Waals surface area contributed by atoms with Gasteiger partial charge in [0.2, 0.25) is 0 Å². The lowest BCUT2D eigenvalue weighted by Crippen LogP contribution is -2.26. The summed E-state index contributed by atoms with van der Waals surface area (Å²) in [7, 11) is 0. The Morgan fingerprint density at radius 1 is 1.31 bits per heavy atom. The van der Waals surface area contributed by atoms with Crippen molar-refractivity contribution >= 4 is 0 Å². The Labute approximate surface area is 97.9 Å².